The molecule has 1 aromatic rings. The predicted molar refractivity (Wildman–Crippen MR) is 121 cm³/mol. The summed E-state index contributed by atoms with van der Waals surface area (Å²) in [4.78, 5) is 19.5. The van der Waals surface area contributed by atoms with Crippen molar-refractivity contribution in [3.63, 3.8) is 0 Å². The van der Waals surface area contributed by atoms with Gasteiger partial charge in [-0.15, -0.1) is 0 Å². The molecule has 0 bridgehead atoms. The molecule has 10 heteroatoms. The smallest absolute Gasteiger partial charge is 0.362 e. The average Bonchev–Trinajstić information content (AvgIpc) is 3.15. The average molecular weight is 458 g/mol. The number of hydrogen-bond donors (Lipinski definition) is 2. The number of amides is 2. The lowest BCUT2D eigenvalue weighted by Gasteiger charge is -2.46. The molecule has 0 aromatic heterocycles. The summed E-state index contributed by atoms with van der Waals surface area (Å²) in [5, 5.41) is 14.1. The number of carbonyl (C=O) groups is 1. The summed E-state index contributed by atoms with van der Waals surface area (Å²) < 4.78 is 5.44. The van der Waals surface area contributed by atoms with E-state index in [1.165, 1.54) is 0 Å². The zero-order chi connectivity index (χ0) is 22.1. The molecule has 9 nitrogen and oxygen atoms in total. The molecule has 3 aliphatic heterocycles. The van der Waals surface area contributed by atoms with Crippen molar-refractivity contribution in [1.82, 2.24) is 15.2 Å². The number of halogens is 1. The second-order valence-corrected chi connectivity index (χ2v) is 9.20. The number of hydrazine groups is 1. The molecule has 1 aliphatic carbocycles. The molecule has 1 saturated carbocycles. The Labute approximate surface area is 192 Å². The molecular weight excluding hydrogens is 430 g/mol. The zero-order valence-corrected chi connectivity index (χ0v) is 18.7. The molecule has 1 aromatic carbocycles. The van der Waals surface area contributed by atoms with E-state index in [4.69, 9.17) is 27.2 Å². The topological polar surface area (TPSA) is 108 Å². The van der Waals surface area contributed by atoms with Crippen LogP contribution in [-0.4, -0.2) is 59.8 Å². The number of benzene rings is 1. The Morgan fingerprint density at radius 2 is 2.06 bits per heavy atom. The Bertz CT molecular complexity index is 952. The molecule has 3 heterocycles. The Morgan fingerprint density at radius 3 is 2.75 bits per heavy atom. The van der Waals surface area contributed by atoms with Crippen LogP contribution in [0.3, 0.4) is 0 Å². The van der Waals surface area contributed by atoms with Crippen LogP contribution in [0.5, 0.6) is 0 Å². The van der Waals surface area contributed by atoms with Gasteiger partial charge in [0.05, 0.1) is 18.6 Å². The van der Waals surface area contributed by atoms with Gasteiger partial charge in [-0.25, -0.2) is 9.80 Å². The molecule has 0 radical (unpaired) electrons. The monoisotopic (exact) mass is 457 g/mol. The molecule has 1 spiro atoms. The lowest BCUT2D eigenvalue weighted by Crippen LogP contribution is -2.56. The van der Waals surface area contributed by atoms with E-state index in [-0.39, 0.29) is 23.9 Å². The van der Waals surface area contributed by atoms with Gasteiger partial charge >= 0.3 is 6.03 Å². The SMILES string of the molecule is NN(C1CCOCC1)C1N=CC2=C(CN(C(=O)N=NCc3ccc(Cl)cc3)C23CCC3)N1. The number of nitrogens with one attached hydrogen (secondary N) is 1. The van der Waals surface area contributed by atoms with Gasteiger partial charge in [0.25, 0.3) is 0 Å². The lowest BCUT2D eigenvalue weighted by atomic mass is 9.71. The summed E-state index contributed by atoms with van der Waals surface area (Å²) in [6.07, 6.45) is 6.24. The Morgan fingerprint density at radius 1 is 1.31 bits per heavy atom. The first-order chi connectivity index (χ1) is 15.6. The van der Waals surface area contributed by atoms with Crippen LogP contribution < -0.4 is 11.2 Å². The summed E-state index contributed by atoms with van der Waals surface area (Å²) in [6, 6.07) is 7.28. The van der Waals surface area contributed by atoms with Crippen LogP contribution in [0.2, 0.25) is 5.02 Å². The second-order valence-electron chi connectivity index (χ2n) is 8.76. The van der Waals surface area contributed by atoms with Gasteiger partial charge in [-0.1, -0.05) is 28.8 Å². The highest BCUT2D eigenvalue weighted by atomic mass is 35.5. The van der Waals surface area contributed by atoms with E-state index < -0.39 is 0 Å². The highest BCUT2D eigenvalue weighted by Crippen LogP contribution is 2.48. The summed E-state index contributed by atoms with van der Waals surface area (Å²) in [6.45, 7) is 2.24. The van der Waals surface area contributed by atoms with Crippen LogP contribution in [0.1, 0.15) is 37.7 Å². The summed E-state index contributed by atoms with van der Waals surface area (Å²) in [5.41, 5.74) is 2.72. The van der Waals surface area contributed by atoms with Gasteiger partial charge in [-0.05, 0) is 49.8 Å². The van der Waals surface area contributed by atoms with Crippen molar-refractivity contribution in [3.8, 4) is 0 Å². The number of carbonyl (C=O) groups excluding carboxylic acids is 1. The van der Waals surface area contributed by atoms with Crippen molar-refractivity contribution in [2.75, 3.05) is 19.8 Å². The van der Waals surface area contributed by atoms with E-state index in [1.807, 2.05) is 23.2 Å². The van der Waals surface area contributed by atoms with Crippen molar-refractivity contribution in [1.29, 1.82) is 0 Å². The first-order valence-corrected chi connectivity index (χ1v) is 11.5. The van der Waals surface area contributed by atoms with Gasteiger partial charge in [0.1, 0.15) is 0 Å². The van der Waals surface area contributed by atoms with E-state index in [1.54, 1.807) is 17.1 Å². The normalized spacial score (nSPS) is 24.8. The van der Waals surface area contributed by atoms with Gasteiger partial charge in [0.2, 0.25) is 0 Å². The number of rotatable bonds is 4. The fourth-order valence-electron chi connectivity index (χ4n) is 4.94. The molecule has 3 N–H and O–H groups in total. The number of fused-ring (bicyclic) bond motifs is 1. The van der Waals surface area contributed by atoms with Crippen molar-refractivity contribution >= 4 is 23.8 Å². The third-order valence-electron chi connectivity index (χ3n) is 6.94. The van der Waals surface area contributed by atoms with E-state index in [0.29, 0.717) is 18.1 Å². The number of aliphatic imine (C=N–C) groups is 1. The molecule has 2 amide bonds. The first kappa shape index (κ1) is 21.5. The molecular formula is C22H28ClN7O2. The minimum absolute atomic E-state index is 0.221. The molecule has 170 valence electrons. The van der Waals surface area contributed by atoms with Crippen molar-refractivity contribution in [3.05, 3.63) is 46.1 Å². The summed E-state index contributed by atoms with van der Waals surface area (Å²) >= 11 is 5.92. The van der Waals surface area contributed by atoms with Crippen LogP contribution in [0.15, 0.2) is 50.8 Å². The van der Waals surface area contributed by atoms with Gasteiger partial charge in [-0.3, -0.25) is 10.8 Å². The third-order valence-corrected chi connectivity index (χ3v) is 7.19. The summed E-state index contributed by atoms with van der Waals surface area (Å²) in [5.74, 6) is 6.40. The summed E-state index contributed by atoms with van der Waals surface area (Å²) in [7, 11) is 0. The number of hydrogen-bond acceptors (Lipinski definition) is 7. The van der Waals surface area contributed by atoms with Gasteiger partial charge in [0.15, 0.2) is 6.29 Å². The third kappa shape index (κ3) is 3.94. The van der Waals surface area contributed by atoms with E-state index in [2.05, 4.69) is 15.5 Å². The van der Waals surface area contributed by atoms with Crippen LogP contribution >= 0.6 is 11.6 Å². The number of azo groups is 1. The molecule has 5 rings (SSSR count). The van der Waals surface area contributed by atoms with Crippen LogP contribution in [0, 0.1) is 0 Å². The largest absolute Gasteiger partial charge is 0.381 e. The first-order valence-electron chi connectivity index (χ1n) is 11.1. The maximum Gasteiger partial charge on any atom is 0.362 e. The van der Waals surface area contributed by atoms with E-state index >= 15 is 0 Å². The molecule has 4 aliphatic rings. The van der Waals surface area contributed by atoms with Crippen LogP contribution in [0.4, 0.5) is 4.79 Å². The minimum atomic E-state index is -0.337. The maximum atomic E-state index is 13.0. The van der Waals surface area contributed by atoms with Crippen LogP contribution in [-0.2, 0) is 11.3 Å². The van der Waals surface area contributed by atoms with Gasteiger partial charge < -0.3 is 15.0 Å². The number of nitrogens with two attached hydrogens (primary N) is 1. The Hall–Kier alpha value is -2.33. The van der Waals surface area contributed by atoms with Gasteiger partial charge in [-0.2, -0.15) is 5.11 Å². The molecule has 1 unspecified atom stereocenters. The quantitative estimate of drug-likeness (QED) is 0.410. The second kappa shape index (κ2) is 8.90. The van der Waals surface area contributed by atoms with E-state index in [9.17, 15) is 4.79 Å². The Kier molecular flexibility index (Phi) is 5.98. The van der Waals surface area contributed by atoms with Crippen molar-refractivity contribution in [2.24, 2.45) is 21.1 Å². The zero-order valence-electron chi connectivity index (χ0n) is 17.9. The molecule has 1 saturated heterocycles. The standard InChI is InChI=1S/C22H28ClN7O2/c23-16-4-2-15(3-5-16)12-26-28-21(31)29-14-19-18(22(29)8-1-9-22)13-25-20(27-19)30(24)17-6-10-32-11-7-17/h2-5,13,17,20,27H,1,6-12,14,24H2. The van der Waals surface area contributed by atoms with E-state index in [0.717, 1.165) is 62.2 Å². The molecule has 2 fully saturated rings. The number of nitrogens with zero attached hydrogens (tertiary/aromatic N) is 5. The molecule has 32 heavy (non-hydrogen) atoms. The van der Waals surface area contributed by atoms with Gasteiger partial charge in [0, 0.05) is 41.8 Å². The van der Waals surface area contributed by atoms with Crippen LogP contribution in [0.25, 0.3) is 0 Å². The Balaban J connectivity index is 1.25. The number of urea groups is 1. The fraction of sp³-hybridized carbons (Fsp3) is 0.545. The predicted octanol–water partition coefficient (Wildman–Crippen LogP) is 3.22. The highest BCUT2D eigenvalue weighted by Gasteiger charge is 2.54. The van der Waals surface area contributed by atoms with Crippen molar-refractivity contribution < 1.29 is 9.53 Å². The number of ether oxygens (including phenoxy) is 1. The fourth-order valence-corrected chi connectivity index (χ4v) is 5.06. The minimum Gasteiger partial charge on any atom is -0.381 e. The maximum absolute atomic E-state index is 13.0. The molecule has 1 atom stereocenters. The lowest BCUT2D eigenvalue weighted by molar-refractivity contribution is 0.0126. The highest BCUT2D eigenvalue weighted by molar-refractivity contribution is 6.30. The van der Waals surface area contributed by atoms with Crippen molar-refractivity contribution in [2.45, 2.75) is 56.5 Å².